The molecule has 2 amide bonds. The number of amides is 2. The Hall–Kier alpha value is -2.33. The first-order valence-corrected chi connectivity index (χ1v) is 9.43. The van der Waals surface area contributed by atoms with Crippen LogP contribution in [-0.4, -0.2) is 67.0 Å². The van der Waals surface area contributed by atoms with Crippen LogP contribution in [-0.2, 0) is 4.79 Å². The number of fused-ring (bicyclic) bond motifs is 1. The molecule has 1 aromatic rings. The van der Waals surface area contributed by atoms with E-state index in [-0.39, 0.29) is 24.6 Å². The van der Waals surface area contributed by atoms with Gasteiger partial charge in [0.25, 0.3) is 5.91 Å². The van der Waals surface area contributed by atoms with Crippen molar-refractivity contribution in [3.8, 4) is 5.75 Å². The lowest BCUT2D eigenvalue weighted by molar-refractivity contribution is -0.274. The van der Waals surface area contributed by atoms with Crippen LogP contribution in [0.5, 0.6) is 5.75 Å². The third-order valence-corrected chi connectivity index (χ3v) is 5.24. The highest BCUT2D eigenvalue weighted by atomic mass is 19.4. The number of piperidine rings is 1. The Labute approximate surface area is 166 Å². The lowest BCUT2D eigenvalue weighted by Gasteiger charge is -2.19. The van der Waals surface area contributed by atoms with Gasteiger partial charge >= 0.3 is 6.36 Å². The van der Waals surface area contributed by atoms with Crippen molar-refractivity contribution in [2.75, 3.05) is 32.7 Å². The summed E-state index contributed by atoms with van der Waals surface area (Å²) >= 11 is 0. The van der Waals surface area contributed by atoms with Gasteiger partial charge in [-0.05, 0) is 42.9 Å². The zero-order chi connectivity index (χ0) is 21.2. The quantitative estimate of drug-likeness (QED) is 0.589. The Morgan fingerprint density at radius 2 is 1.97 bits per heavy atom. The molecule has 7 nitrogen and oxygen atoms in total. The highest BCUT2D eigenvalue weighted by molar-refractivity contribution is 5.94. The number of nitrogens with zero attached hydrogens (tertiary/aromatic N) is 1. The molecule has 0 aromatic heterocycles. The van der Waals surface area contributed by atoms with E-state index < -0.39 is 24.1 Å². The number of benzene rings is 1. The van der Waals surface area contributed by atoms with E-state index in [0.29, 0.717) is 24.3 Å². The molecule has 1 aromatic carbocycles. The summed E-state index contributed by atoms with van der Waals surface area (Å²) in [7, 11) is 0. The van der Waals surface area contributed by atoms with Crippen LogP contribution in [0.15, 0.2) is 24.3 Å². The van der Waals surface area contributed by atoms with Crippen LogP contribution in [0.3, 0.4) is 0 Å². The van der Waals surface area contributed by atoms with Crippen LogP contribution in [0.1, 0.15) is 17.3 Å². The molecule has 10 heteroatoms. The molecule has 3 rings (SSSR count). The summed E-state index contributed by atoms with van der Waals surface area (Å²) in [4.78, 5) is 26.1. The normalized spacial score (nSPS) is 24.5. The summed E-state index contributed by atoms with van der Waals surface area (Å²) in [5, 5.41) is 14.6. The number of likely N-dealkylation sites (tertiary alicyclic amines) is 1. The number of hydrogen-bond donors (Lipinski definition) is 3. The summed E-state index contributed by atoms with van der Waals surface area (Å²) < 4.78 is 40.7. The summed E-state index contributed by atoms with van der Waals surface area (Å²) in [5.41, 5.74) is 0.106. The van der Waals surface area contributed by atoms with Crippen molar-refractivity contribution in [2.24, 2.45) is 17.8 Å². The molecule has 3 N–H and O–H groups in total. The molecule has 0 bridgehead atoms. The first-order valence-electron chi connectivity index (χ1n) is 9.43. The monoisotopic (exact) mass is 415 g/mol. The summed E-state index contributed by atoms with van der Waals surface area (Å²) in [6, 6.07) is 4.97. The van der Waals surface area contributed by atoms with Gasteiger partial charge in [0.05, 0.1) is 12.6 Å². The van der Waals surface area contributed by atoms with E-state index in [1.807, 2.05) is 4.90 Å². The van der Waals surface area contributed by atoms with Gasteiger partial charge in [-0.25, -0.2) is 0 Å². The molecule has 1 heterocycles. The predicted molar refractivity (Wildman–Crippen MR) is 97.1 cm³/mol. The fourth-order valence-corrected chi connectivity index (χ4v) is 3.84. The van der Waals surface area contributed by atoms with Gasteiger partial charge in [-0.3, -0.25) is 14.5 Å². The maximum Gasteiger partial charge on any atom is 0.573 e. The molecule has 160 valence electrons. The molecule has 3 unspecified atom stereocenters. The summed E-state index contributed by atoms with van der Waals surface area (Å²) in [6.07, 6.45) is -5.39. The molecule has 29 heavy (non-hydrogen) atoms. The van der Waals surface area contributed by atoms with Gasteiger partial charge in [-0.2, -0.15) is 0 Å². The van der Waals surface area contributed by atoms with E-state index in [1.165, 1.54) is 12.1 Å². The molecule has 1 aliphatic heterocycles. The van der Waals surface area contributed by atoms with Gasteiger partial charge in [0, 0.05) is 31.7 Å². The minimum Gasteiger partial charge on any atom is -0.406 e. The molecule has 0 radical (unpaired) electrons. The van der Waals surface area contributed by atoms with Crippen LogP contribution >= 0.6 is 0 Å². The largest absolute Gasteiger partial charge is 0.573 e. The van der Waals surface area contributed by atoms with Crippen molar-refractivity contribution in [1.29, 1.82) is 0 Å². The first-order chi connectivity index (χ1) is 13.6. The van der Waals surface area contributed by atoms with Gasteiger partial charge in [0.2, 0.25) is 5.91 Å². The summed E-state index contributed by atoms with van der Waals surface area (Å²) in [6.45, 7) is 4.09. The SMILES string of the molecule is CC(O)CNC(=O)CN1CC2C(CNC(=O)c3cccc(OC(F)(F)F)c3)C2C1. The maximum atomic E-state index is 12.3. The third kappa shape index (κ3) is 6.07. The van der Waals surface area contributed by atoms with E-state index in [2.05, 4.69) is 15.4 Å². The Morgan fingerprint density at radius 3 is 2.59 bits per heavy atom. The number of aliphatic hydroxyl groups excluding tert-OH is 1. The van der Waals surface area contributed by atoms with Gasteiger partial charge in [0.1, 0.15) is 5.75 Å². The molecule has 1 aliphatic carbocycles. The lowest BCUT2D eigenvalue weighted by atomic mass is 10.2. The van der Waals surface area contributed by atoms with Gasteiger partial charge in [-0.1, -0.05) is 6.07 Å². The fourth-order valence-electron chi connectivity index (χ4n) is 3.84. The Kier molecular flexibility index (Phi) is 6.33. The van der Waals surface area contributed by atoms with Crippen molar-refractivity contribution in [3.63, 3.8) is 0 Å². The molecular weight excluding hydrogens is 391 g/mol. The number of halogens is 3. The standard InChI is InChI=1S/C19H24F3N3O4/c1-11(26)6-23-17(27)10-25-8-15-14(16(15)9-25)7-24-18(28)12-3-2-4-13(5-12)29-19(20,21)22/h2-5,11,14-16,26H,6-10H2,1H3,(H,23,27)(H,24,28). The number of alkyl halides is 3. The molecule has 3 atom stereocenters. The number of carbonyl (C=O) groups excluding carboxylic acids is 2. The number of ether oxygens (including phenoxy) is 1. The van der Waals surface area contributed by atoms with E-state index in [0.717, 1.165) is 25.2 Å². The van der Waals surface area contributed by atoms with Crippen molar-refractivity contribution in [3.05, 3.63) is 29.8 Å². The van der Waals surface area contributed by atoms with Crippen LogP contribution in [0, 0.1) is 17.8 Å². The fraction of sp³-hybridized carbons (Fsp3) is 0.579. The van der Waals surface area contributed by atoms with Crippen LogP contribution in [0.25, 0.3) is 0 Å². The number of rotatable bonds is 8. The third-order valence-electron chi connectivity index (χ3n) is 5.24. The van der Waals surface area contributed by atoms with Gasteiger partial charge < -0.3 is 20.5 Å². The molecule has 2 fully saturated rings. The topological polar surface area (TPSA) is 90.9 Å². The van der Waals surface area contributed by atoms with Crippen LogP contribution < -0.4 is 15.4 Å². The van der Waals surface area contributed by atoms with E-state index in [4.69, 9.17) is 0 Å². The first kappa shape index (κ1) is 21.4. The van der Waals surface area contributed by atoms with Crippen LogP contribution in [0.2, 0.25) is 0 Å². The molecule has 1 saturated heterocycles. The predicted octanol–water partition coefficient (Wildman–Crippen LogP) is 0.990. The average Bonchev–Trinajstić information content (AvgIpc) is 3.08. The average molecular weight is 415 g/mol. The second-order valence-electron chi connectivity index (χ2n) is 7.62. The smallest absolute Gasteiger partial charge is 0.406 e. The number of nitrogens with one attached hydrogen (secondary N) is 2. The highest BCUT2D eigenvalue weighted by Gasteiger charge is 2.55. The summed E-state index contributed by atoms with van der Waals surface area (Å²) in [5.74, 6) is 0.109. The zero-order valence-corrected chi connectivity index (χ0v) is 15.9. The maximum absolute atomic E-state index is 12.3. The lowest BCUT2D eigenvalue weighted by Crippen LogP contribution is -2.40. The minimum absolute atomic E-state index is 0.106. The van der Waals surface area contributed by atoms with Crippen molar-refractivity contribution in [1.82, 2.24) is 15.5 Å². The zero-order valence-electron chi connectivity index (χ0n) is 15.9. The molecule has 0 spiro atoms. The van der Waals surface area contributed by atoms with Crippen LogP contribution in [0.4, 0.5) is 13.2 Å². The Bertz CT molecular complexity index is 744. The Balaban J connectivity index is 1.39. The number of hydrogen-bond acceptors (Lipinski definition) is 5. The minimum atomic E-state index is -4.81. The second kappa shape index (κ2) is 8.58. The van der Waals surface area contributed by atoms with Crippen molar-refractivity contribution in [2.45, 2.75) is 19.4 Å². The second-order valence-corrected chi connectivity index (χ2v) is 7.62. The van der Waals surface area contributed by atoms with E-state index >= 15 is 0 Å². The van der Waals surface area contributed by atoms with E-state index in [1.54, 1.807) is 6.92 Å². The number of aliphatic hydroxyl groups is 1. The Morgan fingerprint density at radius 1 is 1.28 bits per heavy atom. The highest BCUT2D eigenvalue weighted by Crippen LogP contribution is 2.51. The van der Waals surface area contributed by atoms with Gasteiger partial charge in [0.15, 0.2) is 0 Å². The van der Waals surface area contributed by atoms with Crippen molar-refractivity contribution < 1.29 is 32.6 Å². The van der Waals surface area contributed by atoms with Gasteiger partial charge in [-0.15, -0.1) is 13.2 Å². The van der Waals surface area contributed by atoms with E-state index in [9.17, 15) is 27.9 Å². The molecule has 2 aliphatic rings. The van der Waals surface area contributed by atoms with Crippen molar-refractivity contribution >= 4 is 11.8 Å². The molecule has 1 saturated carbocycles. The number of carbonyl (C=O) groups is 2. The molecular formula is C19H24F3N3O4.